The predicted molar refractivity (Wildman–Crippen MR) is 61.2 cm³/mol. The molecule has 2 aromatic rings. The van der Waals surface area contributed by atoms with Crippen LogP contribution in [0.15, 0.2) is 23.2 Å². The second kappa shape index (κ2) is 4.46. The molecule has 0 aliphatic rings. The van der Waals surface area contributed by atoms with Crippen molar-refractivity contribution in [2.45, 2.75) is 0 Å². The number of nitrogens with one attached hydrogen (secondary N) is 1. The van der Waals surface area contributed by atoms with Crippen molar-refractivity contribution in [1.29, 1.82) is 0 Å². The number of anilines is 2. The zero-order valence-corrected chi connectivity index (χ0v) is 9.47. The van der Waals surface area contributed by atoms with Gasteiger partial charge in [0.15, 0.2) is 16.7 Å². The summed E-state index contributed by atoms with van der Waals surface area (Å²) in [7, 11) is 1.53. The molecular weight excluding hydrogens is 234 g/mol. The molecule has 0 saturated carbocycles. The highest BCUT2D eigenvalue weighted by molar-refractivity contribution is 7.08. The SMILES string of the molecule is COc1c(Cl)ncnc1Nc1ccsc1. The summed E-state index contributed by atoms with van der Waals surface area (Å²) in [4.78, 5) is 7.89. The van der Waals surface area contributed by atoms with E-state index in [1.165, 1.54) is 13.4 Å². The molecule has 0 aromatic carbocycles. The molecule has 0 spiro atoms. The van der Waals surface area contributed by atoms with Crippen LogP contribution in [-0.2, 0) is 0 Å². The topological polar surface area (TPSA) is 47.0 Å². The first-order valence-electron chi connectivity index (χ1n) is 4.15. The maximum absolute atomic E-state index is 5.86. The van der Waals surface area contributed by atoms with E-state index in [9.17, 15) is 0 Å². The summed E-state index contributed by atoms with van der Waals surface area (Å²) in [6, 6.07) is 1.94. The summed E-state index contributed by atoms with van der Waals surface area (Å²) in [5.41, 5.74) is 0.952. The third-order valence-corrected chi connectivity index (χ3v) is 2.70. The van der Waals surface area contributed by atoms with Gasteiger partial charge in [0.2, 0.25) is 0 Å². The molecule has 0 saturated heterocycles. The molecule has 1 N–H and O–H groups in total. The highest BCUT2D eigenvalue weighted by Gasteiger charge is 2.10. The molecule has 0 amide bonds. The Labute approximate surface area is 95.9 Å². The molecule has 0 bridgehead atoms. The van der Waals surface area contributed by atoms with Gasteiger partial charge in [-0.05, 0) is 11.4 Å². The molecule has 0 aliphatic heterocycles. The van der Waals surface area contributed by atoms with E-state index in [4.69, 9.17) is 16.3 Å². The van der Waals surface area contributed by atoms with E-state index in [1.807, 2.05) is 16.8 Å². The van der Waals surface area contributed by atoms with Gasteiger partial charge in [-0.15, -0.1) is 0 Å². The van der Waals surface area contributed by atoms with E-state index in [2.05, 4.69) is 15.3 Å². The number of ether oxygens (including phenoxy) is 1. The van der Waals surface area contributed by atoms with E-state index >= 15 is 0 Å². The summed E-state index contributed by atoms with van der Waals surface area (Å²) < 4.78 is 5.11. The van der Waals surface area contributed by atoms with Crippen LogP contribution in [0, 0.1) is 0 Å². The van der Waals surface area contributed by atoms with Crippen LogP contribution in [0.4, 0.5) is 11.5 Å². The molecule has 0 fully saturated rings. The fraction of sp³-hybridized carbons (Fsp3) is 0.111. The third kappa shape index (κ3) is 2.19. The number of aromatic nitrogens is 2. The molecule has 0 unspecified atom stereocenters. The molecule has 2 heterocycles. The lowest BCUT2D eigenvalue weighted by atomic mass is 10.4. The van der Waals surface area contributed by atoms with Crippen LogP contribution in [-0.4, -0.2) is 17.1 Å². The molecule has 0 aliphatic carbocycles. The van der Waals surface area contributed by atoms with E-state index in [0.717, 1.165) is 5.69 Å². The molecule has 4 nitrogen and oxygen atoms in total. The monoisotopic (exact) mass is 241 g/mol. The van der Waals surface area contributed by atoms with Gasteiger partial charge in [0.1, 0.15) is 6.33 Å². The van der Waals surface area contributed by atoms with Crippen molar-refractivity contribution in [2.75, 3.05) is 12.4 Å². The number of halogens is 1. The fourth-order valence-electron chi connectivity index (χ4n) is 1.09. The fourth-order valence-corrected chi connectivity index (χ4v) is 1.89. The average molecular weight is 242 g/mol. The Kier molecular flexibility index (Phi) is 3.03. The van der Waals surface area contributed by atoms with Crippen LogP contribution in [0.5, 0.6) is 5.75 Å². The minimum atomic E-state index is 0.297. The smallest absolute Gasteiger partial charge is 0.199 e. The van der Waals surface area contributed by atoms with E-state index in [-0.39, 0.29) is 0 Å². The lowest BCUT2D eigenvalue weighted by Crippen LogP contribution is -1.98. The molecule has 15 heavy (non-hydrogen) atoms. The van der Waals surface area contributed by atoms with Gasteiger partial charge in [-0.1, -0.05) is 11.6 Å². The molecule has 0 radical (unpaired) electrons. The van der Waals surface area contributed by atoms with Crippen molar-refractivity contribution in [2.24, 2.45) is 0 Å². The Bertz CT molecular complexity index is 447. The number of nitrogens with zero attached hydrogens (tertiary/aromatic N) is 2. The highest BCUT2D eigenvalue weighted by Crippen LogP contribution is 2.30. The summed E-state index contributed by atoms with van der Waals surface area (Å²) >= 11 is 7.45. The van der Waals surface area contributed by atoms with Crippen LogP contribution in [0.3, 0.4) is 0 Å². The lowest BCUT2D eigenvalue weighted by molar-refractivity contribution is 0.413. The molecule has 2 aromatic heterocycles. The van der Waals surface area contributed by atoms with Crippen LogP contribution in [0.25, 0.3) is 0 Å². The molecular formula is C9H8ClN3OS. The minimum absolute atomic E-state index is 0.297. The van der Waals surface area contributed by atoms with Crippen molar-refractivity contribution < 1.29 is 4.74 Å². The first-order valence-corrected chi connectivity index (χ1v) is 5.47. The summed E-state index contributed by atoms with van der Waals surface area (Å²) in [6.45, 7) is 0. The summed E-state index contributed by atoms with van der Waals surface area (Å²) in [5, 5.41) is 7.33. The number of rotatable bonds is 3. The normalized spacial score (nSPS) is 10.0. The molecule has 0 atom stereocenters. The van der Waals surface area contributed by atoms with Crippen molar-refractivity contribution in [3.63, 3.8) is 0 Å². The van der Waals surface area contributed by atoms with Gasteiger partial charge in [-0.3, -0.25) is 0 Å². The van der Waals surface area contributed by atoms with E-state index in [1.54, 1.807) is 11.3 Å². The molecule has 6 heteroatoms. The Morgan fingerprint density at radius 1 is 1.47 bits per heavy atom. The number of thiophene rings is 1. The first-order chi connectivity index (χ1) is 7.31. The number of hydrogen-bond acceptors (Lipinski definition) is 5. The van der Waals surface area contributed by atoms with Gasteiger partial charge in [-0.25, -0.2) is 9.97 Å². The van der Waals surface area contributed by atoms with Crippen molar-refractivity contribution in [1.82, 2.24) is 9.97 Å². The number of hydrogen-bond donors (Lipinski definition) is 1. The number of methoxy groups -OCH3 is 1. The largest absolute Gasteiger partial charge is 0.490 e. The summed E-state index contributed by atoms with van der Waals surface area (Å²) in [6.07, 6.45) is 1.39. The van der Waals surface area contributed by atoms with Crippen LogP contribution < -0.4 is 10.1 Å². The Morgan fingerprint density at radius 3 is 3.00 bits per heavy atom. The second-order valence-corrected chi connectivity index (χ2v) is 3.82. The van der Waals surface area contributed by atoms with Gasteiger partial charge in [-0.2, -0.15) is 11.3 Å². The maximum Gasteiger partial charge on any atom is 0.199 e. The quantitative estimate of drug-likeness (QED) is 0.840. The van der Waals surface area contributed by atoms with Gasteiger partial charge >= 0.3 is 0 Å². The Morgan fingerprint density at radius 2 is 2.33 bits per heavy atom. The second-order valence-electron chi connectivity index (χ2n) is 2.68. The standard InChI is InChI=1S/C9H8ClN3OS/c1-14-7-8(10)11-5-12-9(7)13-6-2-3-15-4-6/h2-5H,1H3,(H,11,12,13). The van der Waals surface area contributed by atoms with E-state index < -0.39 is 0 Å². The van der Waals surface area contributed by atoms with Gasteiger partial charge in [0, 0.05) is 5.38 Å². The zero-order chi connectivity index (χ0) is 10.7. The van der Waals surface area contributed by atoms with E-state index in [0.29, 0.717) is 16.7 Å². The zero-order valence-electron chi connectivity index (χ0n) is 7.90. The van der Waals surface area contributed by atoms with Crippen LogP contribution in [0.1, 0.15) is 0 Å². The van der Waals surface area contributed by atoms with Crippen LogP contribution in [0.2, 0.25) is 5.15 Å². The highest BCUT2D eigenvalue weighted by atomic mass is 35.5. The van der Waals surface area contributed by atoms with Gasteiger partial charge in [0.25, 0.3) is 0 Å². The third-order valence-electron chi connectivity index (χ3n) is 1.75. The van der Waals surface area contributed by atoms with Crippen molar-refractivity contribution >= 4 is 34.4 Å². The van der Waals surface area contributed by atoms with Crippen LogP contribution >= 0.6 is 22.9 Å². The molecule has 2 rings (SSSR count). The lowest BCUT2D eigenvalue weighted by Gasteiger charge is -2.08. The Hall–Kier alpha value is -1.33. The summed E-state index contributed by atoms with van der Waals surface area (Å²) in [5.74, 6) is 1.02. The average Bonchev–Trinajstić information content (AvgIpc) is 2.71. The maximum atomic E-state index is 5.86. The molecule has 78 valence electrons. The van der Waals surface area contributed by atoms with Gasteiger partial charge < -0.3 is 10.1 Å². The van der Waals surface area contributed by atoms with Gasteiger partial charge in [0.05, 0.1) is 12.8 Å². The Balaban J connectivity index is 2.32. The van der Waals surface area contributed by atoms with Crippen molar-refractivity contribution in [3.8, 4) is 5.75 Å². The predicted octanol–water partition coefficient (Wildman–Crippen LogP) is 2.94. The minimum Gasteiger partial charge on any atom is -0.490 e. The van der Waals surface area contributed by atoms with Crippen molar-refractivity contribution in [3.05, 3.63) is 28.3 Å². The first kappa shape index (κ1) is 10.2.